The molecule has 0 amide bonds. The van der Waals surface area contributed by atoms with Crippen molar-refractivity contribution in [2.75, 3.05) is 38.2 Å². The second-order valence-corrected chi connectivity index (χ2v) is 6.92. The minimum Gasteiger partial charge on any atom is -0.496 e. The number of aryl methyl sites for hydroxylation is 1. The zero-order chi connectivity index (χ0) is 16.2. The molecule has 3 nitrogen and oxygen atoms in total. The normalized spacial score (nSPS) is 15.7. The highest BCUT2D eigenvalue weighted by Gasteiger charge is 2.17. The molecule has 0 radical (unpaired) electrons. The van der Waals surface area contributed by atoms with E-state index >= 15 is 0 Å². The lowest BCUT2D eigenvalue weighted by atomic mass is 10.1. The van der Waals surface area contributed by atoms with Crippen LogP contribution in [0.1, 0.15) is 11.1 Å². The third-order valence-corrected chi connectivity index (χ3v) is 5.01. The van der Waals surface area contributed by atoms with E-state index in [2.05, 4.69) is 69.1 Å². The van der Waals surface area contributed by atoms with Crippen molar-refractivity contribution >= 4 is 21.6 Å². The topological polar surface area (TPSA) is 15.7 Å². The molecule has 0 spiro atoms. The lowest BCUT2D eigenvalue weighted by Gasteiger charge is -2.36. The van der Waals surface area contributed by atoms with Crippen LogP contribution in [0.2, 0.25) is 0 Å². The number of benzene rings is 2. The molecule has 0 N–H and O–H groups in total. The van der Waals surface area contributed by atoms with E-state index in [1.807, 2.05) is 6.07 Å². The quantitative estimate of drug-likeness (QED) is 0.801. The maximum Gasteiger partial charge on any atom is 0.133 e. The number of halogens is 1. The van der Waals surface area contributed by atoms with E-state index in [0.717, 1.165) is 42.9 Å². The van der Waals surface area contributed by atoms with Gasteiger partial charge in [-0.15, -0.1) is 0 Å². The number of anilines is 1. The monoisotopic (exact) mass is 374 g/mol. The fraction of sp³-hybridized carbons (Fsp3) is 0.368. The Kier molecular flexibility index (Phi) is 5.23. The van der Waals surface area contributed by atoms with E-state index in [0.29, 0.717) is 0 Å². The van der Waals surface area contributed by atoms with Crippen molar-refractivity contribution in [1.82, 2.24) is 4.90 Å². The first-order valence-corrected chi connectivity index (χ1v) is 8.81. The molecule has 1 aliphatic heterocycles. The third-order valence-electron chi connectivity index (χ3n) is 4.39. The molecule has 1 aliphatic rings. The Bertz CT molecular complexity index is 649. The molecule has 0 bridgehead atoms. The molecule has 1 heterocycles. The van der Waals surface area contributed by atoms with Gasteiger partial charge in [0.25, 0.3) is 0 Å². The van der Waals surface area contributed by atoms with Crippen LogP contribution in [-0.4, -0.2) is 38.2 Å². The van der Waals surface area contributed by atoms with Gasteiger partial charge in [0, 0.05) is 38.4 Å². The first-order valence-electron chi connectivity index (χ1n) is 8.02. The fourth-order valence-electron chi connectivity index (χ4n) is 2.99. The highest BCUT2D eigenvalue weighted by Crippen LogP contribution is 2.26. The second kappa shape index (κ2) is 7.37. The number of rotatable bonds is 4. The van der Waals surface area contributed by atoms with Crippen molar-refractivity contribution in [3.63, 3.8) is 0 Å². The Labute approximate surface area is 147 Å². The molecule has 2 aromatic rings. The van der Waals surface area contributed by atoms with Crippen molar-refractivity contribution in [2.45, 2.75) is 13.5 Å². The number of nitrogens with zero attached hydrogens (tertiary/aromatic N) is 2. The van der Waals surface area contributed by atoms with Crippen LogP contribution in [0.3, 0.4) is 0 Å². The lowest BCUT2D eigenvalue weighted by Crippen LogP contribution is -2.45. The van der Waals surface area contributed by atoms with Crippen molar-refractivity contribution in [3.05, 3.63) is 58.1 Å². The summed E-state index contributed by atoms with van der Waals surface area (Å²) in [6, 6.07) is 15.2. The zero-order valence-corrected chi connectivity index (χ0v) is 15.3. The summed E-state index contributed by atoms with van der Waals surface area (Å²) in [4.78, 5) is 4.98. The van der Waals surface area contributed by atoms with E-state index in [1.54, 1.807) is 7.11 Å². The van der Waals surface area contributed by atoms with Crippen LogP contribution in [0.4, 0.5) is 5.69 Å². The highest BCUT2D eigenvalue weighted by atomic mass is 79.9. The van der Waals surface area contributed by atoms with Crippen LogP contribution >= 0.6 is 15.9 Å². The summed E-state index contributed by atoms with van der Waals surface area (Å²) in [7, 11) is 1.70. The molecule has 1 saturated heterocycles. The van der Waals surface area contributed by atoms with E-state index < -0.39 is 0 Å². The number of piperazine rings is 1. The van der Waals surface area contributed by atoms with Gasteiger partial charge in [0.05, 0.1) is 11.6 Å². The molecular formula is C19H23BrN2O. The Hall–Kier alpha value is -1.52. The molecule has 0 saturated carbocycles. The fourth-order valence-corrected chi connectivity index (χ4v) is 3.57. The van der Waals surface area contributed by atoms with Crippen LogP contribution in [-0.2, 0) is 6.54 Å². The van der Waals surface area contributed by atoms with Gasteiger partial charge in [0.15, 0.2) is 0 Å². The molecule has 2 aromatic carbocycles. The average Bonchev–Trinajstić information content (AvgIpc) is 2.57. The van der Waals surface area contributed by atoms with Gasteiger partial charge in [-0.05, 0) is 52.7 Å². The Morgan fingerprint density at radius 3 is 2.30 bits per heavy atom. The Morgan fingerprint density at radius 2 is 1.70 bits per heavy atom. The number of hydrogen-bond acceptors (Lipinski definition) is 3. The summed E-state index contributed by atoms with van der Waals surface area (Å²) in [6.07, 6.45) is 0. The molecule has 4 heteroatoms. The van der Waals surface area contributed by atoms with Crippen LogP contribution in [0.5, 0.6) is 5.75 Å². The summed E-state index contributed by atoms with van der Waals surface area (Å²) in [5.74, 6) is 0.887. The average molecular weight is 375 g/mol. The molecule has 0 aromatic heterocycles. The maximum absolute atomic E-state index is 5.29. The number of hydrogen-bond donors (Lipinski definition) is 0. The molecule has 0 unspecified atom stereocenters. The van der Waals surface area contributed by atoms with Crippen molar-refractivity contribution in [1.29, 1.82) is 0 Å². The van der Waals surface area contributed by atoms with Crippen molar-refractivity contribution in [2.24, 2.45) is 0 Å². The lowest BCUT2D eigenvalue weighted by molar-refractivity contribution is 0.249. The molecule has 23 heavy (non-hydrogen) atoms. The van der Waals surface area contributed by atoms with Crippen LogP contribution in [0.15, 0.2) is 46.9 Å². The number of ether oxygens (including phenoxy) is 1. The SMILES string of the molecule is COc1ccc(CN2CCN(c3ccc(C)cc3)CC2)cc1Br. The first-order chi connectivity index (χ1) is 11.2. The van der Waals surface area contributed by atoms with Crippen molar-refractivity contribution < 1.29 is 4.74 Å². The van der Waals surface area contributed by atoms with E-state index in [4.69, 9.17) is 4.74 Å². The van der Waals surface area contributed by atoms with Gasteiger partial charge in [0.1, 0.15) is 5.75 Å². The largest absolute Gasteiger partial charge is 0.496 e. The smallest absolute Gasteiger partial charge is 0.133 e. The predicted octanol–water partition coefficient (Wildman–Crippen LogP) is 4.09. The van der Waals surface area contributed by atoms with Gasteiger partial charge < -0.3 is 9.64 Å². The van der Waals surface area contributed by atoms with Gasteiger partial charge in [-0.2, -0.15) is 0 Å². The van der Waals surface area contributed by atoms with Gasteiger partial charge in [-0.3, -0.25) is 4.90 Å². The predicted molar refractivity (Wildman–Crippen MR) is 99.4 cm³/mol. The molecule has 3 rings (SSSR count). The summed E-state index contributed by atoms with van der Waals surface area (Å²) >= 11 is 3.57. The summed E-state index contributed by atoms with van der Waals surface area (Å²) in [5, 5.41) is 0. The van der Waals surface area contributed by atoms with Crippen LogP contribution in [0, 0.1) is 6.92 Å². The van der Waals surface area contributed by atoms with Gasteiger partial charge in [-0.1, -0.05) is 23.8 Å². The minimum atomic E-state index is 0.887. The maximum atomic E-state index is 5.29. The second-order valence-electron chi connectivity index (χ2n) is 6.07. The third kappa shape index (κ3) is 4.06. The summed E-state index contributed by atoms with van der Waals surface area (Å²) in [6.45, 7) is 7.48. The van der Waals surface area contributed by atoms with Gasteiger partial charge in [-0.25, -0.2) is 0 Å². The van der Waals surface area contributed by atoms with E-state index in [1.165, 1.54) is 16.8 Å². The first kappa shape index (κ1) is 16.3. The minimum absolute atomic E-state index is 0.887. The van der Waals surface area contributed by atoms with E-state index in [9.17, 15) is 0 Å². The van der Waals surface area contributed by atoms with Crippen LogP contribution in [0.25, 0.3) is 0 Å². The highest BCUT2D eigenvalue weighted by molar-refractivity contribution is 9.10. The number of methoxy groups -OCH3 is 1. The van der Waals surface area contributed by atoms with Crippen molar-refractivity contribution in [3.8, 4) is 5.75 Å². The molecular weight excluding hydrogens is 352 g/mol. The van der Waals surface area contributed by atoms with Gasteiger partial charge in [0.2, 0.25) is 0 Å². The van der Waals surface area contributed by atoms with Gasteiger partial charge >= 0.3 is 0 Å². The summed E-state index contributed by atoms with van der Waals surface area (Å²) in [5.41, 5.74) is 3.97. The molecule has 0 atom stereocenters. The Morgan fingerprint density at radius 1 is 1.00 bits per heavy atom. The van der Waals surface area contributed by atoms with Crippen LogP contribution < -0.4 is 9.64 Å². The molecule has 1 fully saturated rings. The van der Waals surface area contributed by atoms with E-state index in [-0.39, 0.29) is 0 Å². The Balaban J connectivity index is 1.56. The molecule has 122 valence electrons. The summed E-state index contributed by atoms with van der Waals surface area (Å²) < 4.78 is 6.32. The zero-order valence-electron chi connectivity index (χ0n) is 13.8. The molecule has 0 aliphatic carbocycles. The standard InChI is InChI=1S/C19H23BrN2O/c1-15-3-6-17(7-4-15)22-11-9-21(10-12-22)14-16-5-8-19(23-2)18(20)13-16/h3-8,13H,9-12,14H2,1-2H3.